The van der Waals surface area contributed by atoms with Gasteiger partial charge in [0.25, 0.3) is 0 Å². The number of rotatable bonds is 15. The summed E-state index contributed by atoms with van der Waals surface area (Å²) in [7, 11) is 0. The number of hydrogen-bond acceptors (Lipinski definition) is 8. The van der Waals surface area contributed by atoms with Gasteiger partial charge < -0.3 is 36.9 Å². The molecule has 3 atom stereocenters. The number of imidazole rings is 1. The van der Waals surface area contributed by atoms with Crippen molar-refractivity contribution in [3.8, 4) is 0 Å². The van der Waals surface area contributed by atoms with Crippen LogP contribution in [0.4, 0.5) is 0 Å². The van der Waals surface area contributed by atoms with Crippen LogP contribution in [0.15, 0.2) is 12.5 Å². The van der Waals surface area contributed by atoms with Crippen LogP contribution in [0, 0.1) is 0 Å². The highest BCUT2D eigenvalue weighted by molar-refractivity contribution is 7.98. The average molecular weight is 473 g/mol. The van der Waals surface area contributed by atoms with Crippen molar-refractivity contribution in [3.63, 3.8) is 0 Å². The lowest BCUT2D eigenvalue weighted by Crippen LogP contribution is -2.54. The largest absolute Gasteiger partial charge is 0.481 e. The summed E-state index contributed by atoms with van der Waals surface area (Å²) in [5.74, 6) is -4.06. The van der Waals surface area contributed by atoms with Gasteiger partial charge in [-0.05, 0) is 24.9 Å². The second-order valence-electron chi connectivity index (χ2n) is 6.84. The molecule has 3 amide bonds. The van der Waals surface area contributed by atoms with E-state index >= 15 is 0 Å². The summed E-state index contributed by atoms with van der Waals surface area (Å²) in [5.41, 5.74) is 6.43. The van der Waals surface area contributed by atoms with Crippen LogP contribution < -0.4 is 21.7 Å². The number of H-pyrrole nitrogens is 1. The smallest absolute Gasteiger partial charge is 0.326 e. The van der Waals surface area contributed by atoms with E-state index in [0.29, 0.717) is 11.4 Å². The van der Waals surface area contributed by atoms with Crippen molar-refractivity contribution >= 4 is 41.4 Å². The predicted molar refractivity (Wildman–Crippen MR) is 115 cm³/mol. The molecular weight excluding hydrogens is 444 g/mol. The molecule has 1 heterocycles. The second-order valence-corrected chi connectivity index (χ2v) is 7.82. The molecule has 0 bridgehead atoms. The molecule has 0 aliphatic rings. The van der Waals surface area contributed by atoms with E-state index < -0.39 is 60.8 Å². The minimum absolute atomic E-state index is 0.119. The Kier molecular flexibility index (Phi) is 11.8. The van der Waals surface area contributed by atoms with E-state index in [9.17, 15) is 24.0 Å². The molecule has 0 saturated carbocycles. The zero-order chi connectivity index (χ0) is 24.1. The first-order valence-corrected chi connectivity index (χ1v) is 11.1. The lowest BCUT2D eigenvalue weighted by Gasteiger charge is -2.20. The van der Waals surface area contributed by atoms with Crippen molar-refractivity contribution in [2.75, 3.05) is 18.6 Å². The van der Waals surface area contributed by atoms with Crippen LogP contribution in [0.25, 0.3) is 0 Å². The van der Waals surface area contributed by atoms with Gasteiger partial charge in [-0.15, -0.1) is 0 Å². The number of carbonyl (C=O) groups excluding carboxylic acids is 3. The summed E-state index contributed by atoms with van der Waals surface area (Å²) >= 11 is 1.42. The molecule has 0 aliphatic heterocycles. The maximum absolute atomic E-state index is 12.5. The van der Waals surface area contributed by atoms with Crippen molar-refractivity contribution in [1.29, 1.82) is 0 Å². The number of nitrogens with zero attached hydrogens (tertiary/aromatic N) is 1. The third-order valence-corrected chi connectivity index (χ3v) is 4.92. The van der Waals surface area contributed by atoms with Crippen molar-refractivity contribution < 1.29 is 34.2 Å². The van der Waals surface area contributed by atoms with E-state index in [4.69, 9.17) is 15.9 Å². The Balaban J connectivity index is 2.65. The van der Waals surface area contributed by atoms with Crippen molar-refractivity contribution in [3.05, 3.63) is 18.2 Å². The van der Waals surface area contributed by atoms with E-state index in [2.05, 4.69) is 25.9 Å². The van der Waals surface area contributed by atoms with Gasteiger partial charge in [0.1, 0.15) is 12.1 Å². The molecule has 8 N–H and O–H groups in total. The highest BCUT2D eigenvalue weighted by Crippen LogP contribution is 2.03. The SMILES string of the molecule is CSCCC(NC(=O)CNC(=O)C(CCC(=O)O)NC(=O)C(N)Cc1cnc[nH]1)C(=O)O. The quantitative estimate of drug-likeness (QED) is 0.150. The normalized spacial score (nSPS) is 13.4. The summed E-state index contributed by atoms with van der Waals surface area (Å²) in [6.07, 6.45) is 4.41. The number of nitrogens with two attached hydrogens (primary N) is 1. The van der Waals surface area contributed by atoms with Crippen LogP contribution in [0.3, 0.4) is 0 Å². The number of amides is 3. The molecular formula is C18H28N6O7S. The zero-order valence-corrected chi connectivity index (χ0v) is 18.3. The number of hydrogen-bond donors (Lipinski definition) is 7. The Labute approximate surface area is 188 Å². The number of carbonyl (C=O) groups is 5. The number of nitrogens with one attached hydrogen (secondary N) is 4. The summed E-state index contributed by atoms with van der Waals surface area (Å²) < 4.78 is 0. The molecule has 0 aliphatic carbocycles. The van der Waals surface area contributed by atoms with E-state index in [1.54, 1.807) is 6.26 Å². The monoisotopic (exact) mass is 472 g/mol. The highest BCUT2D eigenvalue weighted by atomic mass is 32.2. The fraction of sp³-hybridized carbons (Fsp3) is 0.556. The number of aliphatic carboxylic acids is 2. The molecule has 1 aromatic heterocycles. The van der Waals surface area contributed by atoms with Gasteiger partial charge in [-0.3, -0.25) is 19.2 Å². The van der Waals surface area contributed by atoms with Gasteiger partial charge in [-0.25, -0.2) is 9.78 Å². The Morgan fingerprint density at radius 3 is 2.41 bits per heavy atom. The molecule has 178 valence electrons. The van der Waals surface area contributed by atoms with Crippen molar-refractivity contribution in [1.82, 2.24) is 25.9 Å². The Morgan fingerprint density at radius 2 is 1.84 bits per heavy atom. The Morgan fingerprint density at radius 1 is 1.12 bits per heavy atom. The van der Waals surface area contributed by atoms with Crippen LogP contribution >= 0.6 is 11.8 Å². The highest BCUT2D eigenvalue weighted by Gasteiger charge is 2.26. The molecule has 14 heteroatoms. The summed E-state index contributed by atoms with van der Waals surface area (Å²) in [6.45, 7) is -0.540. The standard InChI is InChI=1S/C18H28N6O7S/c1-32-5-4-13(18(30)31)23-14(25)8-21-17(29)12(2-3-15(26)27)24-16(28)11(19)6-10-7-20-9-22-10/h7,9,11-13H,2-6,8,19H2,1H3,(H,20,22)(H,21,29)(H,23,25)(H,24,28)(H,26,27)(H,30,31). The molecule has 0 spiro atoms. The van der Waals surface area contributed by atoms with Crippen LogP contribution in [0.1, 0.15) is 25.0 Å². The molecule has 32 heavy (non-hydrogen) atoms. The molecule has 1 aromatic rings. The van der Waals surface area contributed by atoms with E-state index in [-0.39, 0.29) is 19.3 Å². The number of aromatic nitrogens is 2. The van der Waals surface area contributed by atoms with Crippen molar-refractivity contribution in [2.45, 2.75) is 43.8 Å². The predicted octanol–water partition coefficient (Wildman–Crippen LogP) is -1.93. The van der Waals surface area contributed by atoms with Gasteiger partial charge in [-0.2, -0.15) is 11.8 Å². The molecule has 0 fully saturated rings. The molecule has 1 rings (SSSR count). The zero-order valence-electron chi connectivity index (χ0n) is 17.5. The fourth-order valence-corrected chi connectivity index (χ4v) is 3.04. The lowest BCUT2D eigenvalue weighted by molar-refractivity contribution is -0.141. The number of aromatic amines is 1. The number of carboxylic acids is 2. The summed E-state index contributed by atoms with van der Waals surface area (Å²) in [5, 5.41) is 25.0. The second kappa shape index (κ2) is 14.0. The summed E-state index contributed by atoms with van der Waals surface area (Å²) in [4.78, 5) is 65.5. The topological polar surface area (TPSA) is 217 Å². The van der Waals surface area contributed by atoms with Crippen LogP contribution in [0.2, 0.25) is 0 Å². The third-order valence-electron chi connectivity index (χ3n) is 4.28. The Bertz CT molecular complexity index is 789. The van der Waals surface area contributed by atoms with Gasteiger partial charge >= 0.3 is 11.9 Å². The van der Waals surface area contributed by atoms with E-state index in [0.717, 1.165) is 0 Å². The average Bonchev–Trinajstić information content (AvgIpc) is 3.24. The Hall–Kier alpha value is -3.13. The number of thioether (sulfide) groups is 1. The minimum atomic E-state index is -1.24. The number of carboxylic acid groups (broad SMARTS) is 2. The van der Waals surface area contributed by atoms with Crippen LogP contribution in [-0.4, -0.2) is 86.5 Å². The van der Waals surface area contributed by atoms with E-state index in [1.165, 1.54) is 24.3 Å². The van der Waals surface area contributed by atoms with Gasteiger partial charge in [0.05, 0.1) is 18.9 Å². The van der Waals surface area contributed by atoms with Crippen molar-refractivity contribution in [2.24, 2.45) is 5.73 Å². The minimum Gasteiger partial charge on any atom is -0.481 e. The maximum atomic E-state index is 12.5. The van der Waals surface area contributed by atoms with Crippen LogP contribution in [0.5, 0.6) is 0 Å². The molecule has 3 unspecified atom stereocenters. The lowest BCUT2D eigenvalue weighted by atomic mass is 10.1. The first-order chi connectivity index (χ1) is 15.1. The van der Waals surface area contributed by atoms with Crippen LogP contribution in [-0.2, 0) is 30.4 Å². The molecule has 0 radical (unpaired) electrons. The maximum Gasteiger partial charge on any atom is 0.326 e. The van der Waals surface area contributed by atoms with E-state index in [1.807, 2.05) is 0 Å². The third kappa shape index (κ3) is 10.3. The first-order valence-electron chi connectivity index (χ1n) is 9.67. The first kappa shape index (κ1) is 26.9. The fourth-order valence-electron chi connectivity index (χ4n) is 2.57. The van der Waals surface area contributed by atoms with Gasteiger partial charge in [0, 0.05) is 24.7 Å². The molecule has 0 saturated heterocycles. The van der Waals surface area contributed by atoms with Gasteiger partial charge in [0.2, 0.25) is 17.7 Å². The summed E-state index contributed by atoms with van der Waals surface area (Å²) in [6, 6.07) is -3.37. The van der Waals surface area contributed by atoms with Gasteiger partial charge in [0.15, 0.2) is 0 Å². The molecule has 0 aromatic carbocycles. The van der Waals surface area contributed by atoms with Gasteiger partial charge in [-0.1, -0.05) is 0 Å². The molecule has 13 nitrogen and oxygen atoms in total.